The summed E-state index contributed by atoms with van der Waals surface area (Å²) in [6.07, 6.45) is 0. The summed E-state index contributed by atoms with van der Waals surface area (Å²) in [7, 11) is 0. The molecule has 1 aromatic carbocycles. The number of amides is 1. The van der Waals surface area contributed by atoms with E-state index in [4.69, 9.17) is 4.74 Å². The van der Waals surface area contributed by atoms with Crippen molar-refractivity contribution < 1.29 is 14.3 Å². The fraction of sp³-hybridized carbons (Fsp3) is 0.235. The number of anilines is 1. The SMILES string of the molecule is CCOC(=O)c1ccc(NC(=O)Cn2c(C)cccc2=O)cc1. The summed E-state index contributed by atoms with van der Waals surface area (Å²) in [5.74, 6) is -0.720. The van der Waals surface area contributed by atoms with Gasteiger partial charge in [0.25, 0.3) is 5.56 Å². The Bertz CT molecular complexity index is 763. The monoisotopic (exact) mass is 314 g/mol. The van der Waals surface area contributed by atoms with Gasteiger partial charge in [0.15, 0.2) is 0 Å². The molecular weight excluding hydrogens is 296 g/mol. The lowest BCUT2D eigenvalue weighted by molar-refractivity contribution is -0.116. The highest BCUT2D eigenvalue weighted by Crippen LogP contribution is 2.11. The predicted octanol–water partition coefficient (Wildman–Crippen LogP) is 1.97. The summed E-state index contributed by atoms with van der Waals surface area (Å²) in [6.45, 7) is 3.75. The van der Waals surface area contributed by atoms with Gasteiger partial charge < -0.3 is 14.6 Å². The van der Waals surface area contributed by atoms with Crippen LogP contribution in [0.1, 0.15) is 23.0 Å². The van der Waals surface area contributed by atoms with Gasteiger partial charge in [-0.05, 0) is 44.2 Å². The van der Waals surface area contributed by atoms with E-state index in [1.165, 1.54) is 10.6 Å². The third-order valence-corrected chi connectivity index (χ3v) is 3.25. The number of benzene rings is 1. The van der Waals surface area contributed by atoms with Crippen LogP contribution in [0.25, 0.3) is 0 Å². The van der Waals surface area contributed by atoms with Crippen molar-refractivity contribution in [3.05, 3.63) is 64.1 Å². The second kappa shape index (κ2) is 7.40. The minimum absolute atomic E-state index is 0.0644. The van der Waals surface area contributed by atoms with Crippen molar-refractivity contribution in [2.24, 2.45) is 0 Å². The lowest BCUT2D eigenvalue weighted by Gasteiger charge is -2.10. The maximum absolute atomic E-state index is 12.0. The van der Waals surface area contributed by atoms with E-state index < -0.39 is 5.97 Å². The molecule has 0 radical (unpaired) electrons. The van der Waals surface area contributed by atoms with Crippen LogP contribution < -0.4 is 10.9 Å². The molecular formula is C17H18N2O4. The van der Waals surface area contributed by atoms with E-state index in [9.17, 15) is 14.4 Å². The number of esters is 1. The van der Waals surface area contributed by atoms with Crippen molar-refractivity contribution >= 4 is 17.6 Å². The lowest BCUT2D eigenvalue weighted by Crippen LogP contribution is -2.28. The molecule has 0 spiro atoms. The van der Waals surface area contributed by atoms with Gasteiger partial charge in [0.1, 0.15) is 6.54 Å². The highest BCUT2D eigenvalue weighted by molar-refractivity contribution is 5.93. The van der Waals surface area contributed by atoms with E-state index >= 15 is 0 Å². The van der Waals surface area contributed by atoms with Crippen LogP contribution in [0.3, 0.4) is 0 Å². The minimum atomic E-state index is -0.406. The third-order valence-electron chi connectivity index (χ3n) is 3.25. The van der Waals surface area contributed by atoms with Gasteiger partial charge in [-0.2, -0.15) is 0 Å². The van der Waals surface area contributed by atoms with Gasteiger partial charge in [0, 0.05) is 17.4 Å². The molecule has 0 aliphatic carbocycles. The Morgan fingerprint density at radius 1 is 1.13 bits per heavy atom. The van der Waals surface area contributed by atoms with E-state index in [2.05, 4.69) is 5.32 Å². The maximum Gasteiger partial charge on any atom is 0.338 e. The Morgan fingerprint density at radius 3 is 2.43 bits per heavy atom. The van der Waals surface area contributed by atoms with Crippen molar-refractivity contribution in [1.29, 1.82) is 0 Å². The average molecular weight is 314 g/mol. The Morgan fingerprint density at radius 2 is 1.83 bits per heavy atom. The van der Waals surface area contributed by atoms with E-state index in [0.29, 0.717) is 23.6 Å². The molecule has 1 aromatic heterocycles. The smallest absolute Gasteiger partial charge is 0.338 e. The van der Waals surface area contributed by atoms with Gasteiger partial charge in [-0.3, -0.25) is 9.59 Å². The molecule has 0 saturated carbocycles. The number of pyridine rings is 1. The zero-order chi connectivity index (χ0) is 16.8. The first-order valence-electron chi connectivity index (χ1n) is 7.24. The zero-order valence-corrected chi connectivity index (χ0v) is 13.0. The van der Waals surface area contributed by atoms with Crippen LogP contribution in [0.2, 0.25) is 0 Å². The highest BCUT2D eigenvalue weighted by Gasteiger charge is 2.09. The Labute approximate surface area is 133 Å². The van der Waals surface area contributed by atoms with Gasteiger partial charge in [-0.1, -0.05) is 6.07 Å². The fourth-order valence-corrected chi connectivity index (χ4v) is 2.07. The summed E-state index contributed by atoms with van der Waals surface area (Å²) in [5.41, 5.74) is 1.45. The summed E-state index contributed by atoms with van der Waals surface area (Å²) < 4.78 is 6.28. The topological polar surface area (TPSA) is 77.4 Å². The zero-order valence-electron chi connectivity index (χ0n) is 13.0. The predicted molar refractivity (Wildman–Crippen MR) is 86.5 cm³/mol. The Hall–Kier alpha value is -2.89. The van der Waals surface area contributed by atoms with Crippen LogP contribution >= 0.6 is 0 Å². The number of nitrogens with one attached hydrogen (secondary N) is 1. The molecule has 0 aliphatic heterocycles. The first kappa shape index (κ1) is 16.5. The van der Waals surface area contributed by atoms with Crippen LogP contribution in [0.4, 0.5) is 5.69 Å². The first-order chi connectivity index (χ1) is 11.0. The summed E-state index contributed by atoms with van der Waals surface area (Å²) in [6, 6.07) is 11.2. The van der Waals surface area contributed by atoms with Crippen molar-refractivity contribution in [2.75, 3.05) is 11.9 Å². The van der Waals surface area contributed by atoms with Gasteiger partial charge in [-0.15, -0.1) is 0 Å². The van der Waals surface area contributed by atoms with E-state index in [1.54, 1.807) is 50.2 Å². The minimum Gasteiger partial charge on any atom is -0.462 e. The van der Waals surface area contributed by atoms with Crippen LogP contribution in [0.5, 0.6) is 0 Å². The Balaban J connectivity index is 2.03. The molecule has 120 valence electrons. The molecule has 0 fully saturated rings. The molecule has 2 rings (SSSR count). The normalized spacial score (nSPS) is 10.2. The number of carbonyl (C=O) groups is 2. The van der Waals surface area contributed by atoms with E-state index in [1.807, 2.05) is 0 Å². The van der Waals surface area contributed by atoms with Crippen LogP contribution in [-0.4, -0.2) is 23.1 Å². The molecule has 0 aliphatic rings. The van der Waals surface area contributed by atoms with Gasteiger partial charge in [0.05, 0.1) is 12.2 Å². The van der Waals surface area contributed by atoms with Crippen LogP contribution in [-0.2, 0) is 16.1 Å². The second-order valence-corrected chi connectivity index (χ2v) is 4.94. The largest absolute Gasteiger partial charge is 0.462 e. The van der Waals surface area contributed by atoms with Crippen LogP contribution in [0.15, 0.2) is 47.3 Å². The number of hydrogen-bond acceptors (Lipinski definition) is 4. The number of aromatic nitrogens is 1. The quantitative estimate of drug-likeness (QED) is 0.856. The van der Waals surface area contributed by atoms with Gasteiger partial charge in [0.2, 0.25) is 5.91 Å². The molecule has 1 amide bonds. The molecule has 0 unspecified atom stereocenters. The molecule has 0 atom stereocenters. The average Bonchev–Trinajstić information content (AvgIpc) is 2.52. The third kappa shape index (κ3) is 4.29. The molecule has 6 heteroatoms. The van der Waals surface area contributed by atoms with Crippen molar-refractivity contribution in [2.45, 2.75) is 20.4 Å². The first-order valence-corrected chi connectivity index (χ1v) is 7.24. The molecule has 2 aromatic rings. The summed E-state index contributed by atoms with van der Waals surface area (Å²) >= 11 is 0. The molecule has 1 heterocycles. The summed E-state index contributed by atoms with van der Waals surface area (Å²) in [4.78, 5) is 35.3. The van der Waals surface area contributed by atoms with Crippen molar-refractivity contribution in [3.8, 4) is 0 Å². The number of nitrogens with zero attached hydrogens (tertiary/aromatic N) is 1. The molecule has 0 bridgehead atoms. The fourth-order valence-electron chi connectivity index (χ4n) is 2.07. The van der Waals surface area contributed by atoms with Gasteiger partial charge in [-0.25, -0.2) is 4.79 Å². The highest BCUT2D eigenvalue weighted by atomic mass is 16.5. The Kier molecular flexibility index (Phi) is 5.30. The standard InChI is InChI=1S/C17H18N2O4/c1-3-23-17(22)13-7-9-14(10-8-13)18-15(20)11-19-12(2)5-4-6-16(19)21/h4-10H,3,11H2,1-2H3,(H,18,20). The number of ether oxygens (including phenoxy) is 1. The van der Waals surface area contributed by atoms with Gasteiger partial charge >= 0.3 is 5.97 Å². The van der Waals surface area contributed by atoms with Crippen LogP contribution in [0, 0.1) is 6.92 Å². The lowest BCUT2D eigenvalue weighted by atomic mass is 10.2. The molecule has 1 N–H and O–H groups in total. The number of hydrogen-bond donors (Lipinski definition) is 1. The van der Waals surface area contributed by atoms with E-state index in [0.717, 1.165) is 0 Å². The van der Waals surface area contributed by atoms with Crippen molar-refractivity contribution in [1.82, 2.24) is 4.57 Å². The van der Waals surface area contributed by atoms with Crippen molar-refractivity contribution in [3.63, 3.8) is 0 Å². The second-order valence-electron chi connectivity index (χ2n) is 4.94. The molecule has 23 heavy (non-hydrogen) atoms. The number of carbonyl (C=O) groups excluding carboxylic acids is 2. The van der Waals surface area contributed by atoms with E-state index in [-0.39, 0.29) is 18.0 Å². The number of aryl methyl sites for hydroxylation is 1. The molecule has 6 nitrogen and oxygen atoms in total. The summed E-state index contributed by atoms with van der Waals surface area (Å²) in [5, 5.41) is 2.69. The number of rotatable bonds is 5. The maximum atomic E-state index is 12.0. The molecule has 0 saturated heterocycles.